The number of carbonyl (C=O) groups excluding carboxylic acids is 3. The van der Waals surface area contributed by atoms with Crippen LogP contribution in [-0.4, -0.2) is 60.2 Å². The Bertz CT molecular complexity index is 560. The Morgan fingerprint density at radius 3 is 1.88 bits per heavy atom. The second-order valence-electron chi connectivity index (χ2n) is 9.09. The topological polar surface area (TPSA) is 69.7 Å². The third-order valence-corrected chi connectivity index (χ3v) is 7.22. The number of piperazine rings is 1. The molecule has 3 amide bonds. The first kappa shape index (κ1) is 17.8. The fraction of sp³-hybridized carbons (Fsp3) is 0.850. The average molecular weight is 361 g/mol. The number of nitrogens with one attached hydrogen (secondary N) is 1. The Morgan fingerprint density at radius 1 is 0.885 bits per heavy atom. The van der Waals surface area contributed by atoms with Crippen LogP contribution < -0.4 is 5.32 Å². The molecular formula is C20H31N3O3. The summed E-state index contributed by atoms with van der Waals surface area (Å²) < 4.78 is 0. The summed E-state index contributed by atoms with van der Waals surface area (Å²) in [6.07, 6.45) is 7.54. The van der Waals surface area contributed by atoms with Gasteiger partial charge in [-0.1, -0.05) is 0 Å². The van der Waals surface area contributed by atoms with Gasteiger partial charge in [0.2, 0.25) is 17.7 Å². The SMILES string of the molecule is CC(=O)N1CCN(C(=O)CCNC(=O)C23CC4CC(CC(C4)C2)C3)CC1. The van der Waals surface area contributed by atoms with E-state index in [-0.39, 0.29) is 23.1 Å². The maximum Gasteiger partial charge on any atom is 0.226 e. The molecule has 1 heterocycles. The second kappa shape index (κ2) is 6.86. The highest BCUT2D eigenvalue weighted by atomic mass is 16.2. The summed E-state index contributed by atoms with van der Waals surface area (Å²) in [5.41, 5.74) is -0.134. The van der Waals surface area contributed by atoms with Crippen LogP contribution in [0.1, 0.15) is 51.9 Å². The van der Waals surface area contributed by atoms with E-state index in [9.17, 15) is 14.4 Å². The third-order valence-electron chi connectivity index (χ3n) is 7.22. The molecule has 0 radical (unpaired) electrons. The van der Waals surface area contributed by atoms with Crippen molar-refractivity contribution >= 4 is 17.7 Å². The summed E-state index contributed by atoms with van der Waals surface area (Å²) >= 11 is 0. The van der Waals surface area contributed by atoms with Crippen LogP contribution in [-0.2, 0) is 14.4 Å². The van der Waals surface area contributed by atoms with E-state index in [1.165, 1.54) is 19.3 Å². The highest BCUT2D eigenvalue weighted by Crippen LogP contribution is 2.60. The monoisotopic (exact) mass is 361 g/mol. The molecule has 4 saturated carbocycles. The van der Waals surface area contributed by atoms with Crippen LogP contribution in [0.2, 0.25) is 0 Å². The van der Waals surface area contributed by atoms with E-state index in [4.69, 9.17) is 0 Å². The molecule has 5 aliphatic rings. The van der Waals surface area contributed by atoms with Crippen molar-refractivity contribution in [2.45, 2.75) is 51.9 Å². The fourth-order valence-corrected chi connectivity index (χ4v) is 6.29. The minimum Gasteiger partial charge on any atom is -0.355 e. The quantitative estimate of drug-likeness (QED) is 0.823. The van der Waals surface area contributed by atoms with E-state index >= 15 is 0 Å². The van der Waals surface area contributed by atoms with Crippen molar-refractivity contribution in [3.8, 4) is 0 Å². The fourth-order valence-electron chi connectivity index (χ4n) is 6.29. The van der Waals surface area contributed by atoms with Crippen LogP contribution in [0, 0.1) is 23.2 Å². The molecule has 26 heavy (non-hydrogen) atoms. The molecule has 0 aromatic rings. The Kier molecular flexibility index (Phi) is 4.70. The van der Waals surface area contributed by atoms with Gasteiger partial charge in [0.05, 0.1) is 0 Å². The van der Waals surface area contributed by atoms with Crippen molar-refractivity contribution in [1.82, 2.24) is 15.1 Å². The summed E-state index contributed by atoms with van der Waals surface area (Å²) in [6, 6.07) is 0. The zero-order chi connectivity index (χ0) is 18.3. The van der Waals surface area contributed by atoms with Crippen LogP contribution in [0.25, 0.3) is 0 Å². The number of amides is 3. The van der Waals surface area contributed by atoms with E-state index in [0.717, 1.165) is 37.0 Å². The Morgan fingerprint density at radius 2 is 1.38 bits per heavy atom. The molecule has 0 spiro atoms. The third kappa shape index (κ3) is 3.35. The molecule has 4 bridgehead atoms. The lowest BCUT2D eigenvalue weighted by atomic mass is 9.49. The number of nitrogens with zero attached hydrogens (tertiary/aromatic N) is 2. The van der Waals surface area contributed by atoms with Gasteiger partial charge < -0.3 is 15.1 Å². The van der Waals surface area contributed by atoms with Gasteiger partial charge in [-0.15, -0.1) is 0 Å². The number of hydrogen-bond donors (Lipinski definition) is 1. The van der Waals surface area contributed by atoms with E-state index in [0.29, 0.717) is 39.1 Å². The largest absolute Gasteiger partial charge is 0.355 e. The van der Waals surface area contributed by atoms with Crippen LogP contribution >= 0.6 is 0 Å². The molecular weight excluding hydrogens is 330 g/mol. The first-order valence-corrected chi connectivity index (χ1v) is 10.3. The first-order chi connectivity index (χ1) is 12.4. The van der Waals surface area contributed by atoms with E-state index in [1.807, 2.05) is 4.90 Å². The summed E-state index contributed by atoms with van der Waals surface area (Å²) in [5.74, 6) is 2.62. The molecule has 0 aromatic heterocycles. The minimum atomic E-state index is -0.134. The zero-order valence-corrected chi connectivity index (χ0v) is 15.8. The Hall–Kier alpha value is -1.59. The summed E-state index contributed by atoms with van der Waals surface area (Å²) in [5, 5.41) is 3.09. The van der Waals surface area contributed by atoms with Crippen LogP contribution in [0.4, 0.5) is 0 Å². The second-order valence-corrected chi connectivity index (χ2v) is 9.09. The molecule has 144 valence electrons. The van der Waals surface area contributed by atoms with Gasteiger partial charge in [-0.3, -0.25) is 14.4 Å². The molecule has 5 rings (SSSR count). The van der Waals surface area contributed by atoms with Crippen LogP contribution in [0.3, 0.4) is 0 Å². The first-order valence-electron chi connectivity index (χ1n) is 10.3. The highest BCUT2D eigenvalue weighted by molar-refractivity contribution is 5.84. The van der Waals surface area contributed by atoms with Crippen molar-refractivity contribution in [3.63, 3.8) is 0 Å². The Balaban J connectivity index is 1.23. The predicted molar refractivity (Wildman–Crippen MR) is 97.1 cm³/mol. The van der Waals surface area contributed by atoms with Gasteiger partial charge in [0, 0.05) is 51.5 Å². The van der Waals surface area contributed by atoms with E-state index < -0.39 is 0 Å². The van der Waals surface area contributed by atoms with Crippen molar-refractivity contribution in [2.24, 2.45) is 23.2 Å². The van der Waals surface area contributed by atoms with Crippen molar-refractivity contribution < 1.29 is 14.4 Å². The Labute approximate surface area is 155 Å². The van der Waals surface area contributed by atoms with Crippen LogP contribution in [0.5, 0.6) is 0 Å². The van der Waals surface area contributed by atoms with Gasteiger partial charge in [0.25, 0.3) is 0 Å². The standard InChI is InChI=1S/C20H31N3O3/c1-14(24)22-4-6-23(7-5-22)18(25)2-3-21-19(26)20-11-15-8-16(12-20)10-17(9-15)13-20/h15-17H,2-13H2,1H3,(H,21,26). The van der Waals surface area contributed by atoms with Gasteiger partial charge in [0.1, 0.15) is 0 Å². The molecule has 6 heteroatoms. The summed E-state index contributed by atoms with van der Waals surface area (Å²) in [7, 11) is 0. The van der Waals surface area contributed by atoms with Gasteiger partial charge >= 0.3 is 0 Å². The van der Waals surface area contributed by atoms with E-state index in [2.05, 4.69) is 5.32 Å². The van der Waals surface area contributed by atoms with Crippen molar-refractivity contribution in [2.75, 3.05) is 32.7 Å². The maximum absolute atomic E-state index is 12.9. The lowest BCUT2D eigenvalue weighted by Crippen LogP contribution is -2.54. The predicted octanol–water partition coefficient (Wildman–Crippen LogP) is 1.40. The van der Waals surface area contributed by atoms with Crippen molar-refractivity contribution in [3.05, 3.63) is 0 Å². The van der Waals surface area contributed by atoms with Crippen molar-refractivity contribution in [1.29, 1.82) is 0 Å². The molecule has 1 N–H and O–H groups in total. The molecule has 5 fully saturated rings. The molecule has 6 nitrogen and oxygen atoms in total. The van der Waals surface area contributed by atoms with Gasteiger partial charge in [-0.05, 0) is 56.3 Å². The number of rotatable bonds is 4. The van der Waals surface area contributed by atoms with E-state index in [1.54, 1.807) is 11.8 Å². The molecule has 1 saturated heterocycles. The van der Waals surface area contributed by atoms with Gasteiger partial charge in [-0.25, -0.2) is 0 Å². The highest BCUT2D eigenvalue weighted by Gasteiger charge is 2.54. The molecule has 0 aromatic carbocycles. The maximum atomic E-state index is 12.9. The van der Waals surface area contributed by atoms with Gasteiger partial charge in [-0.2, -0.15) is 0 Å². The smallest absolute Gasteiger partial charge is 0.226 e. The molecule has 0 atom stereocenters. The normalized spacial score (nSPS) is 35.5. The zero-order valence-electron chi connectivity index (χ0n) is 15.8. The molecule has 4 aliphatic carbocycles. The minimum absolute atomic E-state index is 0.0694. The van der Waals surface area contributed by atoms with Crippen LogP contribution in [0.15, 0.2) is 0 Å². The average Bonchev–Trinajstić information content (AvgIpc) is 2.60. The summed E-state index contributed by atoms with van der Waals surface area (Å²) in [6.45, 7) is 4.42. The number of hydrogen-bond acceptors (Lipinski definition) is 3. The lowest BCUT2D eigenvalue weighted by molar-refractivity contribution is -0.146. The number of carbonyl (C=O) groups is 3. The lowest BCUT2D eigenvalue weighted by Gasteiger charge is -2.55. The molecule has 0 unspecified atom stereocenters. The van der Waals surface area contributed by atoms with Gasteiger partial charge in [0.15, 0.2) is 0 Å². The summed E-state index contributed by atoms with van der Waals surface area (Å²) in [4.78, 5) is 40.2. The molecule has 1 aliphatic heterocycles.